The molecule has 0 saturated heterocycles. The molecule has 0 bridgehead atoms. The average Bonchev–Trinajstić information content (AvgIpc) is 3.28. The largest absolute Gasteiger partial charge is 0.493 e. The highest BCUT2D eigenvalue weighted by Gasteiger charge is 2.27. The van der Waals surface area contributed by atoms with Gasteiger partial charge < -0.3 is 24.3 Å². The number of nitriles is 3. The van der Waals surface area contributed by atoms with Crippen LogP contribution in [0, 0.1) is 34.0 Å². The summed E-state index contributed by atoms with van der Waals surface area (Å²) in [5, 5.41) is 32.3. The molecular weight excluding hydrogens is 386 g/mol. The number of nitrogens with one attached hydrogen (secondary N) is 1. The lowest BCUT2D eigenvalue weighted by atomic mass is 10.0. The highest BCUT2D eigenvalue weighted by Crippen LogP contribution is 2.46. The molecule has 4 rings (SSSR count). The lowest BCUT2D eigenvalue weighted by molar-refractivity contribution is 0.174. The number of nitrogens with zero attached hydrogens (tertiary/aromatic N) is 4. The van der Waals surface area contributed by atoms with Crippen molar-refractivity contribution in [2.75, 3.05) is 26.3 Å². The Hall–Kier alpha value is -4.68. The first kappa shape index (κ1) is 18.7. The zero-order valence-corrected chi connectivity index (χ0v) is 15.9. The van der Waals surface area contributed by atoms with Crippen molar-refractivity contribution in [3.05, 3.63) is 41.1 Å². The number of hydrogen-bond acceptors (Lipinski definition) is 9. The summed E-state index contributed by atoms with van der Waals surface area (Å²) in [6.07, 6.45) is 1.42. The van der Waals surface area contributed by atoms with Gasteiger partial charge in [0.1, 0.15) is 23.9 Å². The zero-order chi connectivity index (χ0) is 21.3. The molecule has 0 aliphatic carbocycles. The molecule has 30 heavy (non-hydrogen) atoms. The summed E-state index contributed by atoms with van der Waals surface area (Å²) in [5.74, 6) is 1.42. The van der Waals surface area contributed by atoms with Crippen molar-refractivity contribution in [1.82, 2.24) is 4.98 Å². The van der Waals surface area contributed by atoms with Gasteiger partial charge in [0.25, 0.3) is 0 Å². The van der Waals surface area contributed by atoms with E-state index >= 15 is 0 Å². The molecule has 0 spiro atoms. The van der Waals surface area contributed by atoms with Crippen LogP contribution in [-0.4, -0.2) is 26.0 Å². The molecule has 1 N–H and O–H groups in total. The van der Waals surface area contributed by atoms with Gasteiger partial charge in [-0.1, -0.05) is 0 Å². The maximum Gasteiger partial charge on any atom is 0.231 e. The summed E-state index contributed by atoms with van der Waals surface area (Å²) in [6, 6.07) is 10.9. The molecular formula is C21H13N5O4. The Morgan fingerprint density at radius 1 is 0.867 bits per heavy atom. The van der Waals surface area contributed by atoms with Crippen molar-refractivity contribution in [2.24, 2.45) is 0 Å². The number of methoxy groups -OCH3 is 2. The fraction of sp³-hybridized carbons (Fsp3) is 0.143. The van der Waals surface area contributed by atoms with E-state index in [1.807, 2.05) is 6.07 Å². The normalized spacial score (nSPS) is 11.3. The molecule has 0 amide bonds. The van der Waals surface area contributed by atoms with Crippen LogP contribution in [0.2, 0.25) is 0 Å². The maximum atomic E-state index is 9.64. The van der Waals surface area contributed by atoms with E-state index in [1.165, 1.54) is 26.5 Å². The van der Waals surface area contributed by atoms with Crippen LogP contribution in [0.1, 0.15) is 16.7 Å². The van der Waals surface area contributed by atoms with Gasteiger partial charge in [-0.15, -0.1) is 0 Å². The van der Waals surface area contributed by atoms with Crippen LogP contribution in [0.3, 0.4) is 0 Å². The lowest BCUT2D eigenvalue weighted by Gasteiger charge is -2.16. The first-order valence-corrected chi connectivity index (χ1v) is 8.63. The first-order chi connectivity index (χ1) is 14.6. The van der Waals surface area contributed by atoms with E-state index in [1.54, 1.807) is 12.1 Å². The second kappa shape index (κ2) is 7.38. The monoisotopic (exact) mass is 399 g/mol. The molecule has 1 aliphatic heterocycles. The van der Waals surface area contributed by atoms with Gasteiger partial charge in [-0.05, 0) is 12.1 Å². The highest BCUT2D eigenvalue weighted by molar-refractivity contribution is 5.99. The van der Waals surface area contributed by atoms with Crippen molar-refractivity contribution >= 4 is 22.3 Å². The number of benzene rings is 2. The van der Waals surface area contributed by atoms with Crippen LogP contribution in [0.5, 0.6) is 23.0 Å². The molecule has 2 aromatic carbocycles. The molecule has 0 atom stereocenters. The minimum Gasteiger partial charge on any atom is -0.493 e. The molecule has 3 aromatic rings. The predicted molar refractivity (Wildman–Crippen MR) is 105 cm³/mol. The molecule has 9 nitrogen and oxygen atoms in total. The average molecular weight is 399 g/mol. The highest BCUT2D eigenvalue weighted by atomic mass is 16.7. The number of ether oxygens (including phenoxy) is 4. The molecule has 1 aromatic heterocycles. The number of anilines is 2. The molecule has 0 saturated carbocycles. The Kier molecular flexibility index (Phi) is 4.60. The molecule has 0 unspecified atom stereocenters. The van der Waals surface area contributed by atoms with E-state index < -0.39 is 0 Å². The van der Waals surface area contributed by atoms with E-state index in [0.29, 0.717) is 33.8 Å². The second-order valence-electron chi connectivity index (χ2n) is 6.14. The van der Waals surface area contributed by atoms with Crippen molar-refractivity contribution in [3.63, 3.8) is 0 Å². The van der Waals surface area contributed by atoms with Crippen molar-refractivity contribution < 1.29 is 18.9 Å². The van der Waals surface area contributed by atoms with Gasteiger partial charge in [-0.2, -0.15) is 15.8 Å². The third kappa shape index (κ3) is 2.81. The van der Waals surface area contributed by atoms with E-state index in [2.05, 4.69) is 22.4 Å². The molecule has 0 fully saturated rings. The van der Waals surface area contributed by atoms with E-state index in [-0.39, 0.29) is 35.0 Å². The molecule has 0 radical (unpaired) electrons. The summed E-state index contributed by atoms with van der Waals surface area (Å²) in [4.78, 5) is 4.32. The Balaban J connectivity index is 1.98. The number of fused-ring (bicyclic) bond motifs is 2. The third-order valence-corrected chi connectivity index (χ3v) is 4.63. The lowest BCUT2D eigenvalue weighted by Crippen LogP contribution is -2.02. The molecule has 2 heterocycles. The minimum atomic E-state index is -0.0825. The number of hydrogen-bond donors (Lipinski definition) is 1. The second-order valence-corrected chi connectivity index (χ2v) is 6.14. The molecule has 9 heteroatoms. The number of pyridine rings is 1. The Morgan fingerprint density at radius 3 is 2.20 bits per heavy atom. The van der Waals surface area contributed by atoms with Crippen molar-refractivity contribution in [3.8, 4) is 41.2 Å². The van der Waals surface area contributed by atoms with Gasteiger partial charge in [0.05, 0.1) is 42.1 Å². The summed E-state index contributed by atoms with van der Waals surface area (Å²) >= 11 is 0. The molecule has 146 valence electrons. The minimum absolute atomic E-state index is 0.0825. The van der Waals surface area contributed by atoms with E-state index in [9.17, 15) is 15.8 Å². The van der Waals surface area contributed by atoms with Gasteiger partial charge >= 0.3 is 0 Å². The van der Waals surface area contributed by atoms with E-state index in [0.717, 1.165) is 0 Å². The van der Waals surface area contributed by atoms with Gasteiger partial charge in [-0.25, -0.2) is 0 Å². The smallest absolute Gasteiger partial charge is 0.231 e. The van der Waals surface area contributed by atoms with Crippen molar-refractivity contribution in [2.45, 2.75) is 0 Å². The van der Waals surface area contributed by atoms with Crippen LogP contribution in [0.4, 0.5) is 11.4 Å². The van der Waals surface area contributed by atoms with Crippen LogP contribution in [-0.2, 0) is 0 Å². The Morgan fingerprint density at radius 2 is 1.53 bits per heavy atom. The third-order valence-electron chi connectivity index (χ3n) is 4.63. The zero-order valence-electron chi connectivity index (χ0n) is 15.9. The maximum absolute atomic E-state index is 9.64. The quantitative estimate of drug-likeness (QED) is 0.701. The summed E-state index contributed by atoms with van der Waals surface area (Å²) < 4.78 is 21.6. The number of rotatable bonds is 4. The van der Waals surface area contributed by atoms with Crippen LogP contribution in [0.25, 0.3) is 10.9 Å². The number of aromatic nitrogens is 1. The van der Waals surface area contributed by atoms with Gasteiger partial charge in [0.2, 0.25) is 6.79 Å². The summed E-state index contributed by atoms with van der Waals surface area (Å²) in [6.45, 7) is -0.0825. The van der Waals surface area contributed by atoms with Crippen LogP contribution < -0.4 is 24.3 Å². The standard InChI is InChI=1S/C21H13N5O4/c1-27-16-4-14-15(5-17(16)28-2)25-9-13(8-24)18(14)26-19-11(6-22)3-12(7-23)20-21(19)30-10-29-20/h3-5,9H,10H2,1-2H3,(H,25,26). The van der Waals surface area contributed by atoms with E-state index in [4.69, 9.17) is 18.9 Å². The predicted octanol–water partition coefficient (Wildman–Crippen LogP) is 3.34. The Labute approximate surface area is 171 Å². The SMILES string of the molecule is COc1cc2ncc(C#N)c(Nc3c(C#N)cc(C#N)c4c3OCO4)c2cc1OC. The summed E-state index contributed by atoms with van der Waals surface area (Å²) in [7, 11) is 3.02. The Bertz CT molecular complexity index is 1310. The van der Waals surface area contributed by atoms with Crippen molar-refractivity contribution in [1.29, 1.82) is 15.8 Å². The van der Waals surface area contributed by atoms with Gasteiger partial charge in [0.15, 0.2) is 23.0 Å². The van der Waals surface area contributed by atoms with Gasteiger partial charge in [0, 0.05) is 17.6 Å². The van der Waals surface area contributed by atoms with Gasteiger partial charge in [-0.3, -0.25) is 4.98 Å². The fourth-order valence-electron chi connectivity index (χ4n) is 3.23. The fourth-order valence-corrected chi connectivity index (χ4v) is 3.23. The first-order valence-electron chi connectivity index (χ1n) is 8.63. The van der Waals surface area contributed by atoms with Crippen LogP contribution >= 0.6 is 0 Å². The summed E-state index contributed by atoms with van der Waals surface area (Å²) in [5.41, 5.74) is 1.86. The molecule has 1 aliphatic rings. The topological polar surface area (TPSA) is 133 Å². The van der Waals surface area contributed by atoms with Crippen LogP contribution in [0.15, 0.2) is 24.4 Å².